The van der Waals surface area contributed by atoms with Gasteiger partial charge >= 0.3 is 12.1 Å². The van der Waals surface area contributed by atoms with Gasteiger partial charge < -0.3 is 15.7 Å². The first kappa shape index (κ1) is 20.0. The van der Waals surface area contributed by atoms with Crippen molar-refractivity contribution in [2.24, 2.45) is 5.92 Å². The van der Waals surface area contributed by atoms with Crippen LogP contribution in [0.25, 0.3) is 0 Å². The normalized spacial score (nSPS) is 12.8. The molecule has 0 aliphatic heterocycles. The number of hydrogen-bond acceptors (Lipinski definition) is 4. The summed E-state index contributed by atoms with van der Waals surface area (Å²) in [6.45, 7) is 3.35. The Morgan fingerprint density at radius 1 is 1.38 bits per heavy atom. The number of carbonyl (C=O) groups is 2. The molecule has 0 fully saturated rings. The lowest BCUT2D eigenvalue weighted by molar-refractivity contribution is -0.143. The number of halogens is 4. The first-order valence-electron chi connectivity index (χ1n) is 7.01. The molecule has 3 N–H and O–H groups in total. The van der Waals surface area contributed by atoms with Crippen LogP contribution in [0.3, 0.4) is 0 Å². The van der Waals surface area contributed by atoms with E-state index < -0.39 is 29.7 Å². The summed E-state index contributed by atoms with van der Waals surface area (Å²) in [5, 5.41) is 13.7. The van der Waals surface area contributed by atoms with Crippen molar-refractivity contribution in [3.05, 3.63) is 22.8 Å². The average molecular weight is 368 g/mol. The molecule has 1 aromatic heterocycles. The third-order valence-electron chi connectivity index (χ3n) is 3.06. The largest absolute Gasteiger partial charge is 0.480 e. The lowest BCUT2D eigenvalue weighted by Gasteiger charge is -2.18. The molecule has 6 nitrogen and oxygen atoms in total. The van der Waals surface area contributed by atoms with Crippen molar-refractivity contribution in [2.75, 3.05) is 11.9 Å². The minimum Gasteiger partial charge on any atom is -0.480 e. The second-order valence-corrected chi connectivity index (χ2v) is 5.76. The molecular formula is C14H17ClF3N3O3. The van der Waals surface area contributed by atoms with Crippen LogP contribution in [-0.2, 0) is 15.8 Å². The van der Waals surface area contributed by atoms with E-state index >= 15 is 0 Å². The number of pyridine rings is 1. The van der Waals surface area contributed by atoms with Crippen LogP contribution in [-0.4, -0.2) is 34.6 Å². The van der Waals surface area contributed by atoms with Crippen molar-refractivity contribution >= 4 is 29.3 Å². The van der Waals surface area contributed by atoms with E-state index in [9.17, 15) is 22.8 Å². The molecule has 1 amide bonds. The van der Waals surface area contributed by atoms with Gasteiger partial charge in [-0.15, -0.1) is 0 Å². The molecule has 1 aromatic rings. The average Bonchev–Trinajstić information content (AvgIpc) is 2.44. The number of nitrogens with zero attached hydrogens (tertiary/aromatic N) is 1. The summed E-state index contributed by atoms with van der Waals surface area (Å²) in [4.78, 5) is 26.3. The number of amides is 1. The molecule has 1 heterocycles. The number of hydrogen-bond donors (Lipinski definition) is 3. The first-order chi connectivity index (χ1) is 11.0. The van der Waals surface area contributed by atoms with Crippen molar-refractivity contribution in [2.45, 2.75) is 32.5 Å². The number of alkyl halides is 3. The summed E-state index contributed by atoms with van der Waals surface area (Å²) in [5.74, 6) is -1.92. The fourth-order valence-corrected chi connectivity index (χ4v) is 2.01. The molecule has 0 radical (unpaired) electrons. The summed E-state index contributed by atoms with van der Waals surface area (Å²) in [7, 11) is 0. The van der Waals surface area contributed by atoms with Crippen LogP contribution in [0, 0.1) is 5.92 Å². The van der Waals surface area contributed by atoms with Gasteiger partial charge in [0.1, 0.15) is 11.9 Å². The first-order valence-corrected chi connectivity index (χ1v) is 7.39. The Balaban J connectivity index is 2.56. The second kappa shape index (κ2) is 8.18. The van der Waals surface area contributed by atoms with Gasteiger partial charge in [-0.25, -0.2) is 9.78 Å². The smallest absolute Gasteiger partial charge is 0.417 e. The van der Waals surface area contributed by atoms with Gasteiger partial charge in [-0.1, -0.05) is 25.4 Å². The van der Waals surface area contributed by atoms with Crippen LogP contribution < -0.4 is 10.6 Å². The summed E-state index contributed by atoms with van der Waals surface area (Å²) >= 11 is 5.71. The summed E-state index contributed by atoms with van der Waals surface area (Å²) < 4.78 is 37.5. The zero-order chi connectivity index (χ0) is 18.5. The fourth-order valence-electron chi connectivity index (χ4n) is 1.78. The van der Waals surface area contributed by atoms with E-state index in [1.54, 1.807) is 13.8 Å². The Hall–Kier alpha value is -2.03. The summed E-state index contributed by atoms with van der Waals surface area (Å²) in [6.07, 6.45) is -4.00. The molecule has 1 atom stereocenters. The van der Waals surface area contributed by atoms with Crippen LogP contribution in [0.4, 0.5) is 19.0 Å². The molecule has 134 valence electrons. The highest BCUT2D eigenvalue weighted by atomic mass is 35.5. The topological polar surface area (TPSA) is 91.3 Å². The Morgan fingerprint density at radius 3 is 2.46 bits per heavy atom. The molecule has 0 aliphatic rings. The van der Waals surface area contributed by atoms with Crippen molar-refractivity contribution < 1.29 is 27.9 Å². The Bertz CT molecular complexity index is 609. The van der Waals surface area contributed by atoms with Gasteiger partial charge in [-0.05, 0) is 12.0 Å². The lowest BCUT2D eigenvalue weighted by Crippen LogP contribution is -2.44. The zero-order valence-corrected chi connectivity index (χ0v) is 13.7. The van der Waals surface area contributed by atoms with Crippen molar-refractivity contribution in [3.8, 4) is 0 Å². The van der Waals surface area contributed by atoms with Gasteiger partial charge in [0, 0.05) is 19.2 Å². The number of aromatic nitrogens is 1. The van der Waals surface area contributed by atoms with Crippen LogP contribution in [0.1, 0.15) is 25.8 Å². The number of rotatable bonds is 7. The molecular weight excluding hydrogens is 351 g/mol. The quantitative estimate of drug-likeness (QED) is 0.689. The number of anilines is 1. The van der Waals surface area contributed by atoms with Gasteiger partial charge in [0.2, 0.25) is 5.91 Å². The Kier molecular flexibility index (Phi) is 6.82. The highest BCUT2D eigenvalue weighted by Gasteiger charge is 2.31. The molecule has 1 unspecified atom stereocenters. The fraction of sp³-hybridized carbons (Fsp3) is 0.500. The van der Waals surface area contributed by atoms with E-state index in [2.05, 4.69) is 15.6 Å². The minimum absolute atomic E-state index is 0.0103. The zero-order valence-electron chi connectivity index (χ0n) is 12.9. The van der Waals surface area contributed by atoms with E-state index in [4.69, 9.17) is 16.7 Å². The van der Waals surface area contributed by atoms with Gasteiger partial charge in [0.15, 0.2) is 0 Å². The molecule has 0 bridgehead atoms. The van der Waals surface area contributed by atoms with E-state index in [1.165, 1.54) is 0 Å². The lowest BCUT2D eigenvalue weighted by atomic mass is 10.0. The number of carboxylic acid groups (broad SMARTS) is 1. The number of nitrogens with one attached hydrogen (secondary N) is 2. The highest BCUT2D eigenvalue weighted by Crippen LogP contribution is 2.32. The second-order valence-electron chi connectivity index (χ2n) is 5.36. The van der Waals surface area contributed by atoms with Crippen molar-refractivity contribution in [1.29, 1.82) is 0 Å². The van der Waals surface area contributed by atoms with E-state index in [-0.39, 0.29) is 29.7 Å². The molecule has 24 heavy (non-hydrogen) atoms. The van der Waals surface area contributed by atoms with Crippen LogP contribution in [0.15, 0.2) is 12.3 Å². The molecule has 0 spiro atoms. The maximum Gasteiger partial charge on any atom is 0.417 e. The molecule has 1 rings (SSSR count). The molecule has 10 heteroatoms. The van der Waals surface area contributed by atoms with Crippen LogP contribution in [0.5, 0.6) is 0 Å². The maximum atomic E-state index is 12.5. The van der Waals surface area contributed by atoms with Gasteiger partial charge in [0.25, 0.3) is 0 Å². The predicted octanol–water partition coefficient (Wildman–Crippen LogP) is 2.78. The summed E-state index contributed by atoms with van der Waals surface area (Å²) in [5.41, 5.74) is -0.975. The van der Waals surface area contributed by atoms with E-state index in [1.807, 2.05) is 0 Å². The molecule has 0 saturated carbocycles. The standard InChI is InChI=1S/C14H17ClF3N3O3/c1-7(2)11(13(23)24)21-10(22)3-4-19-12-9(15)5-8(6-20-12)14(16,17)18/h5-7,11H,3-4H2,1-2H3,(H,19,20)(H,21,22)(H,23,24). The summed E-state index contributed by atoms with van der Waals surface area (Å²) in [6, 6.07) is -0.277. The van der Waals surface area contributed by atoms with E-state index in [0.717, 1.165) is 6.07 Å². The number of carboxylic acids is 1. The van der Waals surface area contributed by atoms with Crippen molar-refractivity contribution in [3.63, 3.8) is 0 Å². The third-order valence-corrected chi connectivity index (χ3v) is 3.35. The Morgan fingerprint density at radius 2 is 2.00 bits per heavy atom. The third kappa shape index (κ3) is 5.88. The monoisotopic (exact) mass is 367 g/mol. The number of carbonyl (C=O) groups excluding carboxylic acids is 1. The SMILES string of the molecule is CC(C)C(NC(=O)CCNc1ncc(C(F)(F)F)cc1Cl)C(=O)O. The maximum absolute atomic E-state index is 12.5. The molecule has 0 aromatic carbocycles. The number of aliphatic carboxylic acids is 1. The molecule has 0 saturated heterocycles. The Labute approximate surface area is 141 Å². The minimum atomic E-state index is -4.54. The predicted molar refractivity (Wildman–Crippen MR) is 81.8 cm³/mol. The van der Waals surface area contributed by atoms with Crippen LogP contribution >= 0.6 is 11.6 Å². The van der Waals surface area contributed by atoms with E-state index in [0.29, 0.717) is 6.20 Å². The van der Waals surface area contributed by atoms with Crippen LogP contribution in [0.2, 0.25) is 5.02 Å². The van der Waals surface area contributed by atoms with Gasteiger partial charge in [0.05, 0.1) is 10.6 Å². The van der Waals surface area contributed by atoms with Gasteiger partial charge in [-0.2, -0.15) is 13.2 Å². The molecule has 0 aliphatic carbocycles. The van der Waals surface area contributed by atoms with Gasteiger partial charge in [-0.3, -0.25) is 4.79 Å². The highest BCUT2D eigenvalue weighted by molar-refractivity contribution is 6.32. The van der Waals surface area contributed by atoms with Crippen molar-refractivity contribution in [1.82, 2.24) is 10.3 Å².